The fourth-order valence-electron chi connectivity index (χ4n) is 8.83. The van der Waals surface area contributed by atoms with Crippen molar-refractivity contribution in [3.63, 3.8) is 0 Å². The Kier molecular flexibility index (Phi) is 11.7. The topological polar surface area (TPSA) is 80.6 Å². The first-order valence-corrected chi connectivity index (χ1v) is 19.8. The van der Waals surface area contributed by atoms with Gasteiger partial charge in [0.2, 0.25) is 0 Å². The molecule has 52 heavy (non-hydrogen) atoms. The molecule has 3 fully saturated rings. The Balaban J connectivity index is 0.000000187. The molecule has 280 valence electrons. The molecule has 2 unspecified atom stereocenters. The summed E-state index contributed by atoms with van der Waals surface area (Å²) in [5, 5.41) is 3.33. The Morgan fingerprint density at radius 1 is 0.635 bits per heavy atom. The van der Waals surface area contributed by atoms with Gasteiger partial charge in [-0.15, -0.1) is 0 Å². The maximum atomic E-state index is 13.0. The number of carbonyl (C=O) groups excluding carboxylic acids is 1. The largest absolute Gasteiger partial charge is 0.378 e. The van der Waals surface area contributed by atoms with Gasteiger partial charge in [0.05, 0.1) is 13.2 Å². The molecule has 9 nitrogen and oxygen atoms in total. The molecule has 0 bridgehead atoms. The first kappa shape index (κ1) is 36.7. The number of carbonyl (C=O) groups is 1. The van der Waals surface area contributed by atoms with E-state index in [-0.39, 0.29) is 11.9 Å². The van der Waals surface area contributed by atoms with Gasteiger partial charge >= 0.3 is 0 Å². The maximum absolute atomic E-state index is 13.0. The highest BCUT2D eigenvalue weighted by Crippen LogP contribution is 2.35. The summed E-state index contributed by atoms with van der Waals surface area (Å²) >= 11 is 0. The second-order valence-electron chi connectivity index (χ2n) is 15.9. The van der Waals surface area contributed by atoms with Crippen LogP contribution >= 0.6 is 0 Å². The molecule has 0 saturated carbocycles. The Morgan fingerprint density at radius 3 is 1.71 bits per heavy atom. The zero-order chi connectivity index (χ0) is 36.2. The zero-order valence-corrected chi connectivity index (χ0v) is 32.1. The minimum atomic E-state index is 0.0331. The van der Waals surface area contributed by atoms with Gasteiger partial charge in [-0.25, -0.2) is 0 Å². The predicted molar refractivity (Wildman–Crippen MR) is 215 cm³/mol. The van der Waals surface area contributed by atoms with Gasteiger partial charge in [-0.1, -0.05) is 12.1 Å². The highest BCUT2D eigenvalue weighted by molar-refractivity contribution is 5.94. The van der Waals surface area contributed by atoms with Crippen LogP contribution in [0, 0.1) is 13.8 Å². The van der Waals surface area contributed by atoms with Gasteiger partial charge in [0.15, 0.2) is 0 Å². The number of rotatable bonds is 5. The van der Waals surface area contributed by atoms with Crippen LogP contribution in [-0.4, -0.2) is 121 Å². The molecule has 1 amide bonds. The second-order valence-corrected chi connectivity index (χ2v) is 15.9. The molecule has 3 N–H and O–H groups in total. The van der Waals surface area contributed by atoms with Crippen molar-refractivity contribution in [2.45, 2.75) is 64.5 Å². The van der Waals surface area contributed by atoms with Crippen molar-refractivity contribution >= 4 is 23.0 Å². The number of hydrogen-bond acceptors (Lipinski definition) is 8. The highest BCUT2D eigenvalue weighted by Gasteiger charge is 2.28. The van der Waals surface area contributed by atoms with E-state index in [0.717, 1.165) is 128 Å². The summed E-state index contributed by atoms with van der Waals surface area (Å²) in [6, 6.07) is 17.7. The normalized spacial score (nSPS) is 22.6. The fourth-order valence-corrected chi connectivity index (χ4v) is 8.83. The quantitative estimate of drug-likeness (QED) is 0.404. The van der Waals surface area contributed by atoms with E-state index in [1.165, 1.54) is 39.2 Å². The molecule has 2 atom stereocenters. The Hall–Kier alpha value is -3.63. The number of benzene rings is 3. The van der Waals surface area contributed by atoms with Crippen LogP contribution in [0.4, 0.5) is 17.1 Å². The number of nitrogens with one attached hydrogen (secondary N) is 1. The molecule has 0 aromatic heterocycles. The van der Waals surface area contributed by atoms with E-state index in [1.54, 1.807) is 5.56 Å². The Bertz CT molecular complexity index is 1670. The number of amides is 1. The second kappa shape index (κ2) is 16.6. The van der Waals surface area contributed by atoms with Gasteiger partial charge in [-0.3, -0.25) is 4.79 Å². The number of fused-ring (bicyclic) bond motifs is 2. The molecule has 3 saturated heterocycles. The molecule has 9 heteroatoms. The Morgan fingerprint density at radius 2 is 1.15 bits per heavy atom. The first-order chi connectivity index (χ1) is 25.2. The summed E-state index contributed by atoms with van der Waals surface area (Å²) in [5.74, 6) is 0.0331. The average Bonchev–Trinajstić information content (AvgIpc) is 3.17. The molecule has 2 aliphatic carbocycles. The number of hydrogen-bond donors (Lipinski definition) is 2. The van der Waals surface area contributed by atoms with Crippen LogP contribution < -0.4 is 25.8 Å². The van der Waals surface area contributed by atoms with Gasteiger partial charge in [-0.05, 0) is 136 Å². The Labute approximate surface area is 312 Å². The number of anilines is 3. The SMILES string of the molecule is Cc1ccc(N2CCN(C)CC2)c2c1CCC(N)C2.Cc1ccc(N2CCN(C)CC2)c2c1CCC(NC(=O)c1ccc(N3CCOCC3)cc1)C2. The summed E-state index contributed by atoms with van der Waals surface area (Å²) in [4.78, 5) is 25.2. The van der Waals surface area contributed by atoms with E-state index in [1.807, 2.05) is 12.1 Å². The summed E-state index contributed by atoms with van der Waals surface area (Å²) in [6.07, 6.45) is 6.29. The van der Waals surface area contributed by atoms with Crippen LogP contribution in [0.3, 0.4) is 0 Å². The lowest BCUT2D eigenvalue weighted by molar-refractivity contribution is 0.0933. The lowest BCUT2D eigenvalue weighted by atomic mass is 9.84. The smallest absolute Gasteiger partial charge is 0.251 e. The number of nitrogens with zero attached hydrogens (tertiary/aromatic N) is 5. The summed E-state index contributed by atoms with van der Waals surface area (Å²) < 4.78 is 5.44. The van der Waals surface area contributed by atoms with Crippen molar-refractivity contribution in [1.82, 2.24) is 15.1 Å². The van der Waals surface area contributed by atoms with Crippen molar-refractivity contribution in [3.05, 3.63) is 87.5 Å². The number of morpholine rings is 1. The van der Waals surface area contributed by atoms with E-state index in [0.29, 0.717) is 6.04 Å². The minimum absolute atomic E-state index is 0.0331. The van der Waals surface area contributed by atoms with Crippen LogP contribution in [0.15, 0.2) is 48.5 Å². The van der Waals surface area contributed by atoms with Crippen molar-refractivity contribution in [3.8, 4) is 0 Å². The maximum Gasteiger partial charge on any atom is 0.251 e. The van der Waals surface area contributed by atoms with Crippen molar-refractivity contribution < 1.29 is 9.53 Å². The van der Waals surface area contributed by atoms with Crippen molar-refractivity contribution in [2.75, 3.05) is 107 Å². The zero-order valence-electron chi connectivity index (χ0n) is 32.1. The number of nitrogens with two attached hydrogens (primary N) is 1. The summed E-state index contributed by atoms with van der Waals surface area (Å²) in [7, 11) is 4.40. The van der Waals surface area contributed by atoms with Gasteiger partial charge in [0, 0.05) is 100 Å². The van der Waals surface area contributed by atoms with Gasteiger partial charge in [0.1, 0.15) is 0 Å². The van der Waals surface area contributed by atoms with E-state index >= 15 is 0 Å². The monoisotopic (exact) mass is 707 g/mol. The third kappa shape index (κ3) is 8.44. The molecule has 5 aliphatic rings. The lowest BCUT2D eigenvalue weighted by Gasteiger charge is -2.37. The summed E-state index contributed by atoms with van der Waals surface area (Å²) in [6.45, 7) is 16.7. The molecular weight excluding hydrogens is 647 g/mol. The molecule has 3 aromatic carbocycles. The molecule has 8 rings (SSSR count). The van der Waals surface area contributed by atoms with Crippen LogP contribution in [0.25, 0.3) is 0 Å². The minimum Gasteiger partial charge on any atom is -0.378 e. The molecule has 3 heterocycles. The number of piperazine rings is 2. The van der Waals surface area contributed by atoms with Gasteiger partial charge in [-0.2, -0.15) is 0 Å². The third-order valence-electron chi connectivity index (χ3n) is 12.2. The van der Waals surface area contributed by atoms with Crippen LogP contribution in [0.1, 0.15) is 56.6 Å². The predicted octanol–water partition coefficient (Wildman–Crippen LogP) is 4.43. The molecular formula is C43H61N7O2. The van der Waals surface area contributed by atoms with Gasteiger partial charge < -0.3 is 40.3 Å². The van der Waals surface area contributed by atoms with E-state index in [4.69, 9.17) is 10.5 Å². The van der Waals surface area contributed by atoms with E-state index < -0.39 is 0 Å². The van der Waals surface area contributed by atoms with Crippen molar-refractivity contribution in [1.29, 1.82) is 0 Å². The first-order valence-electron chi connectivity index (χ1n) is 19.8. The molecule has 3 aliphatic heterocycles. The number of ether oxygens (including phenoxy) is 1. The highest BCUT2D eigenvalue weighted by atomic mass is 16.5. The van der Waals surface area contributed by atoms with Gasteiger partial charge in [0.25, 0.3) is 5.91 Å². The van der Waals surface area contributed by atoms with Crippen LogP contribution in [0.5, 0.6) is 0 Å². The van der Waals surface area contributed by atoms with Crippen molar-refractivity contribution in [2.24, 2.45) is 5.73 Å². The fraction of sp³-hybridized carbons (Fsp3) is 0.558. The molecule has 0 radical (unpaired) electrons. The third-order valence-corrected chi connectivity index (χ3v) is 12.2. The van der Waals surface area contributed by atoms with Crippen LogP contribution in [0.2, 0.25) is 0 Å². The number of likely N-dealkylation sites (N-methyl/N-ethyl adjacent to an activating group) is 2. The number of aryl methyl sites for hydroxylation is 2. The molecule has 0 spiro atoms. The standard InChI is InChI=1S/C27H36N4O2.C16H25N3/c1-20-3-10-26(31-13-11-29(2)12-14-31)25-19-22(6-9-24(20)25)28-27(32)21-4-7-23(8-5-21)30-15-17-33-18-16-30;1-12-3-6-16(19-9-7-18(2)8-10-19)15-11-13(17)4-5-14(12)15/h3-5,7-8,10,22H,6,9,11-19H2,1-2H3,(H,28,32);3,6,13H,4-5,7-11,17H2,1-2H3. The molecule has 3 aromatic rings. The van der Waals surface area contributed by atoms with E-state index in [2.05, 4.69) is 94.2 Å². The lowest BCUT2D eigenvalue weighted by Crippen LogP contribution is -2.45. The average molecular weight is 708 g/mol. The van der Waals surface area contributed by atoms with Crippen LogP contribution in [-0.2, 0) is 30.4 Å². The van der Waals surface area contributed by atoms with E-state index in [9.17, 15) is 4.79 Å². The summed E-state index contributed by atoms with van der Waals surface area (Å²) in [5.41, 5.74) is 19.8.